The van der Waals surface area contributed by atoms with E-state index in [2.05, 4.69) is 20.4 Å². The quantitative estimate of drug-likeness (QED) is 0.605. The molecule has 3 aromatic rings. The minimum atomic E-state index is -0.501. The van der Waals surface area contributed by atoms with Gasteiger partial charge in [-0.15, -0.1) is 5.10 Å². The fraction of sp³-hybridized carbons (Fsp3) is 0.222. The highest BCUT2D eigenvalue weighted by Gasteiger charge is 2.14. The lowest BCUT2D eigenvalue weighted by Crippen LogP contribution is -2.26. The van der Waals surface area contributed by atoms with Crippen LogP contribution >= 0.6 is 0 Å². The summed E-state index contributed by atoms with van der Waals surface area (Å²) < 4.78 is 15.0. The molecule has 0 saturated heterocycles. The van der Waals surface area contributed by atoms with Crippen molar-refractivity contribution >= 4 is 28.6 Å². The van der Waals surface area contributed by atoms with Gasteiger partial charge in [0.05, 0.1) is 32.6 Å². The molecule has 0 saturated carbocycles. The van der Waals surface area contributed by atoms with Gasteiger partial charge in [-0.05, 0) is 35.5 Å². The smallest absolute Gasteiger partial charge is 0.337 e. The number of esters is 1. The van der Waals surface area contributed by atoms with Crippen LogP contribution in [0.15, 0.2) is 36.4 Å². The van der Waals surface area contributed by atoms with Crippen molar-refractivity contribution in [2.24, 2.45) is 0 Å². The number of methoxy groups -OCH3 is 3. The molecule has 1 aromatic heterocycles. The summed E-state index contributed by atoms with van der Waals surface area (Å²) in [7, 11) is 4.31. The van der Waals surface area contributed by atoms with Crippen LogP contribution in [0.4, 0.5) is 5.69 Å². The second-order valence-electron chi connectivity index (χ2n) is 5.55. The van der Waals surface area contributed by atoms with Crippen LogP contribution in [-0.4, -0.2) is 55.0 Å². The minimum absolute atomic E-state index is 0.314. The molecule has 2 aromatic carbocycles. The van der Waals surface area contributed by atoms with Crippen molar-refractivity contribution in [1.82, 2.24) is 15.2 Å². The minimum Gasteiger partial charge on any atom is -0.497 e. The summed E-state index contributed by atoms with van der Waals surface area (Å²) in [5, 5.41) is 10.4. The van der Waals surface area contributed by atoms with Gasteiger partial charge in [0.1, 0.15) is 22.5 Å². The van der Waals surface area contributed by atoms with Gasteiger partial charge in [-0.3, -0.25) is 4.79 Å². The number of hydrogen-bond acceptors (Lipinski definition) is 8. The number of carbonyl (C=O) groups is 2. The third kappa shape index (κ3) is 3.95. The van der Waals surface area contributed by atoms with Gasteiger partial charge in [0.2, 0.25) is 0 Å². The lowest BCUT2D eigenvalue weighted by atomic mass is 10.2. The molecule has 0 spiro atoms. The van der Waals surface area contributed by atoms with Crippen LogP contribution < -0.4 is 19.6 Å². The van der Waals surface area contributed by atoms with Gasteiger partial charge in [0.25, 0.3) is 5.91 Å². The average molecular weight is 386 g/mol. The van der Waals surface area contributed by atoms with E-state index in [0.29, 0.717) is 33.8 Å². The van der Waals surface area contributed by atoms with Gasteiger partial charge >= 0.3 is 5.97 Å². The molecule has 0 bridgehead atoms. The summed E-state index contributed by atoms with van der Waals surface area (Å²) in [5.74, 6) is 0.110. The van der Waals surface area contributed by atoms with E-state index in [4.69, 9.17) is 14.3 Å². The summed E-state index contributed by atoms with van der Waals surface area (Å²) in [5.41, 5.74) is 1.71. The van der Waals surface area contributed by atoms with Gasteiger partial charge in [0.15, 0.2) is 6.61 Å². The maximum absolute atomic E-state index is 12.2. The first kappa shape index (κ1) is 19.0. The number of nitrogens with zero attached hydrogens (tertiary/aromatic N) is 3. The topological polar surface area (TPSA) is 114 Å². The lowest BCUT2D eigenvalue weighted by Gasteiger charge is -2.12. The Hall–Kier alpha value is -3.82. The number of aromatic nitrogens is 3. The standard InChI is InChI=1S/C18H18N4O6/c1-25-12-5-7-14(16(9-12)26-2)19-17(23)10-28-22-15-8-11(18(24)27-3)4-6-13(15)20-21-22/h4-9H,10H2,1-3H3,(H,19,23). The molecule has 0 unspecified atom stereocenters. The molecule has 1 amide bonds. The van der Waals surface area contributed by atoms with E-state index in [9.17, 15) is 9.59 Å². The van der Waals surface area contributed by atoms with Crippen LogP contribution in [0, 0.1) is 0 Å². The molecule has 0 aliphatic heterocycles. The molecule has 1 N–H and O–H groups in total. The normalized spacial score (nSPS) is 10.4. The summed E-state index contributed by atoms with van der Waals surface area (Å²) in [6.07, 6.45) is 0. The van der Waals surface area contributed by atoms with Crippen molar-refractivity contribution in [2.75, 3.05) is 33.3 Å². The SMILES string of the molecule is COC(=O)c1ccc2nnn(OCC(=O)Nc3ccc(OC)cc3OC)c2c1. The highest BCUT2D eigenvalue weighted by Crippen LogP contribution is 2.28. The summed E-state index contributed by atoms with van der Waals surface area (Å²) in [4.78, 5) is 30.4. The number of rotatable bonds is 7. The Morgan fingerprint density at radius 2 is 1.89 bits per heavy atom. The van der Waals surface area contributed by atoms with E-state index in [1.165, 1.54) is 27.4 Å². The number of nitrogens with one attached hydrogen (secondary N) is 1. The Morgan fingerprint density at radius 1 is 1.07 bits per heavy atom. The first-order chi connectivity index (χ1) is 13.5. The van der Waals surface area contributed by atoms with E-state index < -0.39 is 11.9 Å². The fourth-order valence-electron chi connectivity index (χ4n) is 2.45. The molecule has 0 radical (unpaired) electrons. The lowest BCUT2D eigenvalue weighted by molar-refractivity contribution is -0.121. The van der Waals surface area contributed by atoms with Crippen LogP contribution in [0.2, 0.25) is 0 Å². The maximum Gasteiger partial charge on any atom is 0.337 e. The Kier molecular flexibility index (Phi) is 5.58. The van der Waals surface area contributed by atoms with Gasteiger partial charge in [-0.25, -0.2) is 4.79 Å². The van der Waals surface area contributed by atoms with E-state index in [0.717, 1.165) is 4.85 Å². The van der Waals surface area contributed by atoms with Crippen LogP contribution in [0.1, 0.15) is 10.4 Å². The molecule has 0 aliphatic carbocycles. The number of hydrogen-bond donors (Lipinski definition) is 1. The average Bonchev–Trinajstić information content (AvgIpc) is 3.14. The Labute approximate surface area is 159 Å². The van der Waals surface area contributed by atoms with E-state index >= 15 is 0 Å². The Morgan fingerprint density at radius 3 is 2.61 bits per heavy atom. The van der Waals surface area contributed by atoms with E-state index in [-0.39, 0.29) is 6.61 Å². The number of ether oxygens (including phenoxy) is 3. The Balaban J connectivity index is 1.70. The van der Waals surface area contributed by atoms with Crippen molar-refractivity contribution in [3.63, 3.8) is 0 Å². The van der Waals surface area contributed by atoms with Gasteiger partial charge < -0.3 is 24.4 Å². The third-order valence-corrected chi connectivity index (χ3v) is 3.84. The predicted molar refractivity (Wildman–Crippen MR) is 98.5 cm³/mol. The highest BCUT2D eigenvalue weighted by atomic mass is 16.7. The van der Waals surface area contributed by atoms with Crippen molar-refractivity contribution in [3.8, 4) is 11.5 Å². The Bertz CT molecular complexity index is 1020. The largest absolute Gasteiger partial charge is 0.497 e. The number of benzene rings is 2. The number of amides is 1. The second-order valence-corrected chi connectivity index (χ2v) is 5.55. The first-order valence-electron chi connectivity index (χ1n) is 8.14. The summed E-state index contributed by atoms with van der Waals surface area (Å²) >= 11 is 0. The number of carbonyl (C=O) groups excluding carboxylic acids is 2. The molecule has 3 rings (SSSR count). The molecule has 10 nitrogen and oxygen atoms in total. The van der Waals surface area contributed by atoms with Crippen LogP contribution in [0.25, 0.3) is 11.0 Å². The molecule has 0 fully saturated rings. The van der Waals surface area contributed by atoms with Crippen molar-refractivity contribution in [2.45, 2.75) is 0 Å². The molecule has 28 heavy (non-hydrogen) atoms. The highest BCUT2D eigenvalue weighted by molar-refractivity contribution is 5.94. The zero-order valence-corrected chi connectivity index (χ0v) is 15.5. The van der Waals surface area contributed by atoms with Crippen molar-refractivity contribution in [3.05, 3.63) is 42.0 Å². The maximum atomic E-state index is 12.2. The van der Waals surface area contributed by atoms with Crippen LogP contribution in [0.3, 0.4) is 0 Å². The zero-order chi connectivity index (χ0) is 20.1. The molecule has 0 atom stereocenters. The van der Waals surface area contributed by atoms with Gasteiger partial charge in [-0.2, -0.15) is 0 Å². The fourth-order valence-corrected chi connectivity index (χ4v) is 2.45. The molecule has 146 valence electrons. The second kappa shape index (κ2) is 8.25. The molecule has 0 aliphatic rings. The van der Waals surface area contributed by atoms with Gasteiger partial charge in [-0.1, -0.05) is 4.85 Å². The molecule has 1 heterocycles. The third-order valence-electron chi connectivity index (χ3n) is 3.84. The number of anilines is 1. The predicted octanol–water partition coefficient (Wildman–Crippen LogP) is 1.30. The summed E-state index contributed by atoms with van der Waals surface area (Å²) in [6, 6.07) is 9.69. The monoisotopic (exact) mass is 386 g/mol. The van der Waals surface area contributed by atoms with E-state index in [1.54, 1.807) is 30.3 Å². The van der Waals surface area contributed by atoms with E-state index in [1.807, 2.05) is 0 Å². The molecular formula is C18H18N4O6. The zero-order valence-electron chi connectivity index (χ0n) is 15.5. The first-order valence-corrected chi connectivity index (χ1v) is 8.14. The molecule has 10 heteroatoms. The van der Waals surface area contributed by atoms with Crippen LogP contribution in [0.5, 0.6) is 11.5 Å². The van der Waals surface area contributed by atoms with Crippen molar-refractivity contribution in [1.29, 1.82) is 0 Å². The summed E-state index contributed by atoms with van der Waals surface area (Å²) in [6.45, 7) is -0.337. The molecular weight excluding hydrogens is 368 g/mol. The van der Waals surface area contributed by atoms with Gasteiger partial charge in [0, 0.05) is 6.07 Å². The van der Waals surface area contributed by atoms with Crippen molar-refractivity contribution < 1.29 is 28.6 Å². The van der Waals surface area contributed by atoms with Crippen LogP contribution in [-0.2, 0) is 9.53 Å². The number of fused-ring (bicyclic) bond motifs is 1.